The fourth-order valence-electron chi connectivity index (χ4n) is 14.2. The lowest BCUT2D eigenvalue weighted by Gasteiger charge is -2.34. The second-order valence-electron chi connectivity index (χ2n) is 35.7. The first-order chi connectivity index (χ1) is 62.6. The van der Waals surface area contributed by atoms with Gasteiger partial charge in [-0.15, -0.1) is 0 Å². The molecule has 46 heteroatoms. The fourth-order valence-corrected chi connectivity index (χ4v) is 14.2. The number of carbonyl (C=O) groups is 18. The number of carbonyl (C=O) groups excluding carboxylic acids is 16. The lowest BCUT2D eigenvalue weighted by molar-refractivity contribution is -0.158. The number of carboxylic acid groups (broad SMARTS) is 2. The number of guanidine groups is 2. The molecule has 0 aliphatic carbocycles. The number of aliphatic carboxylic acids is 2. The number of nitrogens with two attached hydrogens (primary N) is 2. The maximum absolute atomic E-state index is 14.9. The van der Waals surface area contributed by atoms with Gasteiger partial charge in [-0.25, -0.2) is 0 Å². The predicted molar refractivity (Wildman–Crippen MR) is 483 cm³/mol. The van der Waals surface area contributed by atoms with Crippen molar-refractivity contribution in [2.45, 2.75) is 236 Å². The van der Waals surface area contributed by atoms with Gasteiger partial charge >= 0.3 is 29.8 Å². The van der Waals surface area contributed by atoms with Gasteiger partial charge in [-0.2, -0.15) is 0 Å². The summed E-state index contributed by atoms with van der Waals surface area (Å²) in [7, 11) is 0. The molecule has 2 aromatic rings. The number of rotatable bonds is 39. The number of hydrogen-bond acceptors (Lipinski definition) is 27. The molecule has 3 aliphatic heterocycles. The normalized spacial score (nSPS) is 20.8. The fraction of sp³-hybridized carbons (Fsp3) is 0.632. The minimum Gasteiger partial charge on any atom is -0.481 e. The maximum atomic E-state index is 14.9. The highest BCUT2D eigenvalue weighted by Crippen LogP contribution is 2.17. The van der Waals surface area contributed by atoms with Crippen LogP contribution in [0, 0.1) is 10.8 Å². The summed E-state index contributed by atoms with van der Waals surface area (Å²) in [5, 5.41) is 73.4. The monoisotopic (exact) mass is 1870 g/mol. The zero-order valence-electron chi connectivity index (χ0n) is 77.4. The first-order valence-corrected chi connectivity index (χ1v) is 44.7. The highest BCUT2D eigenvalue weighted by Gasteiger charge is 2.38. The first-order valence-electron chi connectivity index (χ1n) is 44.7. The van der Waals surface area contributed by atoms with E-state index in [1.807, 2.05) is 14.7 Å². The Balaban J connectivity index is 1.48. The van der Waals surface area contributed by atoms with Crippen LogP contribution >= 0.6 is 0 Å². The second kappa shape index (κ2) is 56.2. The molecular formula is C87H137N23O23. The molecule has 3 fully saturated rings. The van der Waals surface area contributed by atoms with Crippen molar-refractivity contribution in [3.8, 4) is 0 Å². The molecule has 0 spiro atoms. The Morgan fingerprint density at radius 3 is 1.03 bits per heavy atom. The van der Waals surface area contributed by atoms with E-state index in [0.717, 1.165) is 0 Å². The van der Waals surface area contributed by atoms with E-state index in [4.69, 9.17) is 36.5 Å². The van der Waals surface area contributed by atoms with Gasteiger partial charge in [-0.3, -0.25) is 117 Å². The van der Waals surface area contributed by atoms with Crippen LogP contribution in [0.5, 0.6) is 0 Å². The summed E-state index contributed by atoms with van der Waals surface area (Å²) in [6.45, 7) is 14.3. The van der Waals surface area contributed by atoms with Crippen molar-refractivity contribution in [1.82, 2.24) is 99.4 Å². The Morgan fingerprint density at radius 1 is 0.391 bits per heavy atom. The van der Waals surface area contributed by atoms with Crippen LogP contribution in [-0.2, 0) is 113 Å². The van der Waals surface area contributed by atoms with Crippen LogP contribution in [0.2, 0.25) is 0 Å². The van der Waals surface area contributed by atoms with Crippen molar-refractivity contribution in [3.05, 3.63) is 71.8 Å². The van der Waals surface area contributed by atoms with E-state index in [9.17, 15) is 96.5 Å². The van der Waals surface area contributed by atoms with E-state index >= 15 is 0 Å². The number of nitrogens with one attached hydrogen (secondary N) is 17. The van der Waals surface area contributed by atoms with Crippen molar-refractivity contribution in [2.24, 2.45) is 11.5 Å². The van der Waals surface area contributed by atoms with E-state index in [0.29, 0.717) is 11.1 Å². The first kappa shape index (κ1) is 111. The standard InChI is InChI=1S/C87H137N23O23/c1-85(2,3)131-71(119)51-108-38-36-107(37-39-109(52-72(120)132-86(4,5)6)41-43-110(42-40-108)53-73(121)133-87(7,8)9)50-68(114)98-60(74(122)93-33-19-17-27-59-78(126)102-57(29-21-35-95-84(90)91)76(124)97-49-67(113)100-64(47-70(117)118)82(130)106-62(80(128)104-59)45-55-24-14-11-15-25-55)30-31-65(111)92-32-18-16-26-58-77(125)101-56(28-20-34-94-83(88)89)75(123)96-48-66(112)99-63(46-69(115)116)81(129)105-61(79(127)103-58)44-54-22-12-10-13-23-54/h10-15,22-25,56-64H,16-21,26-53H2,1-9H3,(H,92,111)(H,93,122)(H,96,123)(H,97,124)(H,98,114)(H,99,112)(H,100,113)(H,101,125)(H,102,126)(H,103,127)(H,104,128)(H,105,129)(H,106,130)(H,115,116)(H,117,118)(H4,88,89,94)(H4,90,91,95)/t56-,57-,58-,59-,60?,61+,62+,63-,64-/m0/s1. The summed E-state index contributed by atoms with van der Waals surface area (Å²) >= 11 is 0. The Hall–Kier alpha value is -12.7. The third-order valence-corrected chi connectivity index (χ3v) is 20.6. The summed E-state index contributed by atoms with van der Waals surface area (Å²) in [5.74, 6) is -17.0. The molecule has 0 radical (unpaired) electrons. The molecule has 23 N–H and O–H groups in total. The number of carboxylic acids is 2. The zero-order chi connectivity index (χ0) is 98.5. The molecule has 1 unspecified atom stereocenters. The van der Waals surface area contributed by atoms with Gasteiger partial charge < -0.3 is 116 Å². The summed E-state index contributed by atoms with van der Waals surface area (Å²) in [6.07, 6.45) is -3.05. The van der Waals surface area contributed by atoms with Crippen molar-refractivity contribution in [3.63, 3.8) is 0 Å². The minimum atomic E-state index is -1.75. The number of ether oxygens (including phenoxy) is 3. The Kier molecular flexibility index (Phi) is 46.8. The number of amides is 13. The molecule has 0 aromatic heterocycles. The smallest absolute Gasteiger partial charge is 0.320 e. The summed E-state index contributed by atoms with van der Waals surface area (Å²) in [4.78, 5) is 256. The van der Waals surface area contributed by atoms with E-state index in [1.54, 1.807) is 128 Å². The molecule has 0 bridgehead atoms. The van der Waals surface area contributed by atoms with Gasteiger partial charge in [-0.05, 0) is 144 Å². The molecule has 3 heterocycles. The van der Waals surface area contributed by atoms with Crippen LogP contribution in [0.4, 0.5) is 0 Å². The van der Waals surface area contributed by atoms with Gasteiger partial charge in [0.25, 0.3) is 0 Å². The van der Waals surface area contributed by atoms with E-state index in [-0.39, 0.29) is 194 Å². The SMILES string of the molecule is CC(C)(C)OC(=O)CN1CCN(CC(=O)NC(CCC(=O)NCCCC[C@@H]2NC(=O)[C@@H](Cc3ccccc3)NC(=O)[C@H](CC(=O)O)NC(=O)CNC(=O)[C@H](CCCNC(=N)N)NC2=O)C(=O)NCCCC[C@@H]2NC(=O)[C@@H](Cc3ccccc3)NC(=O)[C@H](CC(=O)O)NC(=O)CNC(=O)[C@H](CCCNC(=N)N)NC2=O)CCN(CC(=O)OC(C)(C)C)CCN(CC(=O)OC(C)(C)C)CC1. The Bertz CT molecular complexity index is 4250. The van der Waals surface area contributed by atoms with Gasteiger partial charge in [0, 0.05) is 97.8 Å². The third kappa shape index (κ3) is 46.8. The number of nitrogens with zero attached hydrogens (tertiary/aromatic N) is 4. The molecule has 738 valence electrons. The van der Waals surface area contributed by atoms with Crippen molar-refractivity contribution in [2.75, 3.05) is 118 Å². The maximum Gasteiger partial charge on any atom is 0.320 e. The molecule has 3 saturated heterocycles. The van der Waals surface area contributed by atoms with Crippen LogP contribution in [0.3, 0.4) is 0 Å². The van der Waals surface area contributed by atoms with Gasteiger partial charge in [-0.1, -0.05) is 60.7 Å². The molecule has 3 aliphatic rings. The quantitative estimate of drug-likeness (QED) is 0.00981. The van der Waals surface area contributed by atoms with Crippen LogP contribution in [0.1, 0.15) is 163 Å². The molecule has 133 heavy (non-hydrogen) atoms. The average molecular weight is 1870 g/mol. The van der Waals surface area contributed by atoms with Gasteiger partial charge in [0.2, 0.25) is 76.8 Å². The largest absolute Gasteiger partial charge is 0.481 e. The summed E-state index contributed by atoms with van der Waals surface area (Å²) in [6, 6.07) is 3.02. The lowest BCUT2D eigenvalue weighted by Crippen LogP contribution is -2.58. The van der Waals surface area contributed by atoms with Gasteiger partial charge in [0.15, 0.2) is 11.9 Å². The van der Waals surface area contributed by atoms with Crippen LogP contribution in [0.15, 0.2) is 60.7 Å². The molecule has 0 saturated carbocycles. The number of hydrogen-bond donors (Lipinski definition) is 21. The van der Waals surface area contributed by atoms with Crippen molar-refractivity contribution >= 4 is 119 Å². The third-order valence-electron chi connectivity index (χ3n) is 20.6. The Labute approximate surface area is 773 Å². The zero-order valence-corrected chi connectivity index (χ0v) is 77.4. The molecule has 9 atom stereocenters. The summed E-state index contributed by atoms with van der Waals surface area (Å²) < 4.78 is 17.2. The Morgan fingerprint density at radius 2 is 0.692 bits per heavy atom. The van der Waals surface area contributed by atoms with E-state index < -0.39 is 217 Å². The predicted octanol–water partition coefficient (Wildman–Crippen LogP) is -4.83. The van der Waals surface area contributed by atoms with Crippen LogP contribution in [0.25, 0.3) is 0 Å². The molecule has 5 rings (SSSR count). The lowest BCUT2D eigenvalue weighted by atomic mass is 10.0. The van der Waals surface area contributed by atoms with Crippen molar-refractivity contribution in [1.29, 1.82) is 10.8 Å². The van der Waals surface area contributed by atoms with Crippen molar-refractivity contribution < 1.29 is 111 Å². The van der Waals surface area contributed by atoms with E-state index in [1.165, 1.54) is 0 Å². The molecule has 13 amide bonds. The number of unbranched alkanes of at least 4 members (excludes halogenated alkanes) is 2. The molecule has 46 nitrogen and oxygen atoms in total. The molecule has 2 aromatic carbocycles. The van der Waals surface area contributed by atoms with Crippen LogP contribution < -0.4 is 91.2 Å². The van der Waals surface area contributed by atoms with E-state index in [2.05, 4.69) is 79.8 Å². The molecular weight excluding hydrogens is 1740 g/mol. The van der Waals surface area contributed by atoms with Gasteiger partial charge in [0.1, 0.15) is 71.2 Å². The number of benzene rings is 2. The second-order valence-corrected chi connectivity index (χ2v) is 35.7. The topological polar surface area (TPSA) is 669 Å². The van der Waals surface area contributed by atoms with Gasteiger partial charge in [0.05, 0.1) is 52.1 Å². The average Bonchev–Trinajstić information content (AvgIpc) is 1.84. The summed E-state index contributed by atoms with van der Waals surface area (Å²) in [5.41, 5.74) is 9.48. The highest BCUT2D eigenvalue weighted by molar-refractivity contribution is 6.00. The minimum absolute atomic E-state index is 0.0279. The highest BCUT2D eigenvalue weighted by atomic mass is 16.6. The number of esters is 3. The van der Waals surface area contributed by atoms with Crippen LogP contribution in [-0.4, -0.2) is 337 Å².